The molecule has 0 aromatic heterocycles. The second kappa shape index (κ2) is 3.62. The SMILES string of the molecule is CCC12CC3CC(C1)CC(C1CC(=O)OC1=O)(C3)C2. The molecule has 3 unspecified atom stereocenters. The predicted molar refractivity (Wildman–Crippen MR) is 69.0 cm³/mol. The largest absolute Gasteiger partial charge is 0.393 e. The molecule has 104 valence electrons. The molecular formula is C16H22O3. The second-order valence-electron chi connectivity index (χ2n) is 7.73. The standard InChI is InChI=1S/C16H22O3/c1-2-15-5-10-3-11(6-15)8-16(7-10,9-15)12-4-13(17)19-14(12)18/h10-12H,2-9H2,1H3. The number of esters is 2. The van der Waals surface area contributed by atoms with Crippen molar-refractivity contribution >= 4 is 11.9 Å². The van der Waals surface area contributed by atoms with Gasteiger partial charge in [0, 0.05) is 0 Å². The summed E-state index contributed by atoms with van der Waals surface area (Å²) in [5.74, 6) is 0.945. The van der Waals surface area contributed by atoms with E-state index in [0.717, 1.165) is 31.1 Å². The smallest absolute Gasteiger partial charge is 0.317 e. The fraction of sp³-hybridized carbons (Fsp3) is 0.875. The van der Waals surface area contributed by atoms with E-state index in [0.29, 0.717) is 11.8 Å². The van der Waals surface area contributed by atoms with Gasteiger partial charge >= 0.3 is 11.9 Å². The van der Waals surface area contributed by atoms with E-state index in [9.17, 15) is 9.59 Å². The number of hydrogen-bond donors (Lipinski definition) is 0. The normalized spacial score (nSPS) is 51.7. The minimum atomic E-state index is -0.295. The first-order chi connectivity index (χ1) is 9.04. The van der Waals surface area contributed by atoms with Crippen molar-refractivity contribution in [2.24, 2.45) is 28.6 Å². The molecule has 3 nitrogen and oxygen atoms in total. The molecule has 4 aliphatic carbocycles. The van der Waals surface area contributed by atoms with Crippen molar-refractivity contribution < 1.29 is 14.3 Å². The quantitative estimate of drug-likeness (QED) is 0.567. The van der Waals surface area contributed by atoms with Gasteiger partial charge in [0.25, 0.3) is 0 Å². The highest BCUT2D eigenvalue weighted by Crippen LogP contribution is 2.69. The Balaban J connectivity index is 1.71. The Bertz CT molecular complexity index is 439. The molecule has 0 N–H and O–H groups in total. The third-order valence-electron chi connectivity index (χ3n) is 6.59. The summed E-state index contributed by atoms with van der Waals surface area (Å²) >= 11 is 0. The van der Waals surface area contributed by atoms with E-state index >= 15 is 0 Å². The molecule has 0 aromatic carbocycles. The number of rotatable bonds is 2. The van der Waals surface area contributed by atoms with Crippen molar-refractivity contribution in [2.45, 2.75) is 58.3 Å². The van der Waals surface area contributed by atoms with Crippen LogP contribution in [0.15, 0.2) is 0 Å². The van der Waals surface area contributed by atoms with E-state index in [1.807, 2.05) is 0 Å². The van der Waals surface area contributed by atoms with Gasteiger partial charge in [0.15, 0.2) is 0 Å². The molecule has 3 atom stereocenters. The van der Waals surface area contributed by atoms with E-state index in [1.165, 1.54) is 25.7 Å². The van der Waals surface area contributed by atoms with Gasteiger partial charge in [0.05, 0.1) is 12.3 Å². The third kappa shape index (κ3) is 1.56. The van der Waals surface area contributed by atoms with Crippen LogP contribution in [0.1, 0.15) is 58.3 Å². The predicted octanol–water partition coefficient (Wildman–Crippen LogP) is 3.07. The first-order valence-electron chi connectivity index (χ1n) is 7.79. The Hall–Kier alpha value is -0.860. The Morgan fingerprint density at radius 1 is 1.16 bits per heavy atom. The van der Waals surface area contributed by atoms with Crippen LogP contribution in [0, 0.1) is 28.6 Å². The van der Waals surface area contributed by atoms with Crippen molar-refractivity contribution in [1.82, 2.24) is 0 Å². The molecule has 1 heterocycles. The summed E-state index contributed by atoms with van der Waals surface area (Å²) in [5.41, 5.74) is 0.569. The van der Waals surface area contributed by atoms with Crippen LogP contribution in [0.5, 0.6) is 0 Å². The molecule has 19 heavy (non-hydrogen) atoms. The Morgan fingerprint density at radius 2 is 1.84 bits per heavy atom. The van der Waals surface area contributed by atoms with Gasteiger partial charge in [0.1, 0.15) is 0 Å². The molecule has 1 aliphatic heterocycles. The number of cyclic esters (lactones) is 2. The molecule has 1 saturated heterocycles. The monoisotopic (exact) mass is 262 g/mol. The molecule has 0 radical (unpaired) electrons. The molecule has 5 fully saturated rings. The van der Waals surface area contributed by atoms with Gasteiger partial charge in [-0.25, -0.2) is 0 Å². The summed E-state index contributed by atoms with van der Waals surface area (Å²) in [4.78, 5) is 23.5. The topological polar surface area (TPSA) is 43.4 Å². The van der Waals surface area contributed by atoms with Crippen molar-refractivity contribution in [2.75, 3.05) is 0 Å². The van der Waals surface area contributed by atoms with Crippen LogP contribution in [0.3, 0.4) is 0 Å². The summed E-state index contributed by atoms with van der Waals surface area (Å²) in [7, 11) is 0. The van der Waals surface area contributed by atoms with E-state index < -0.39 is 0 Å². The van der Waals surface area contributed by atoms with Gasteiger partial charge in [-0.2, -0.15) is 0 Å². The lowest BCUT2D eigenvalue weighted by Gasteiger charge is -2.63. The zero-order valence-electron chi connectivity index (χ0n) is 11.6. The molecule has 4 bridgehead atoms. The van der Waals surface area contributed by atoms with E-state index in [4.69, 9.17) is 4.74 Å². The van der Waals surface area contributed by atoms with Gasteiger partial charge in [-0.15, -0.1) is 0 Å². The van der Waals surface area contributed by atoms with Crippen LogP contribution in [0.2, 0.25) is 0 Å². The summed E-state index contributed by atoms with van der Waals surface area (Å²) in [6.45, 7) is 2.30. The first kappa shape index (κ1) is 11.9. The molecule has 0 spiro atoms. The summed E-state index contributed by atoms with van der Waals surface area (Å²) in [5, 5.41) is 0. The maximum atomic E-state index is 12.0. The Kier molecular flexibility index (Phi) is 2.27. The van der Waals surface area contributed by atoms with Crippen molar-refractivity contribution in [3.63, 3.8) is 0 Å². The fourth-order valence-corrected chi connectivity index (χ4v) is 6.29. The van der Waals surface area contributed by atoms with Crippen LogP contribution in [-0.4, -0.2) is 11.9 Å². The van der Waals surface area contributed by atoms with Gasteiger partial charge in [-0.3, -0.25) is 9.59 Å². The summed E-state index contributed by atoms with van der Waals surface area (Å²) < 4.78 is 4.85. The van der Waals surface area contributed by atoms with Crippen LogP contribution in [0.4, 0.5) is 0 Å². The third-order valence-corrected chi connectivity index (χ3v) is 6.59. The molecule has 5 aliphatic rings. The highest BCUT2D eigenvalue weighted by atomic mass is 16.6. The molecule has 3 heteroatoms. The maximum absolute atomic E-state index is 12.0. The van der Waals surface area contributed by atoms with Crippen molar-refractivity contribution in [3.8, 4) is 0 Å². The van der Waals surface area contributed by atoms with Gasteiger partial charge in [-0.05, 0) is 61.2 Å². The van der Waals surface area contributed by atoms with Gasteiger partial charge < -0.3 is 4.74 Å². The average Bonchev–Trinajstić information content (AvgIpc) is 2.67. The van der Waals surface area contributed by atoms with Crippen LogP contribution >= 0.6 is 0 Å². The van der Waals surface area contributed by atoms with Crippen LogP contribution in [0.25, 0.3) is 0 Å². The zero-order chi connectivity index (χ0) is 13.3. The minimum Gasteiger partial charge on any atom is -0.393 e. The van der Waals surface area contributed by atoms with E-state index in [-0.39, 0.29) is 23.3 Å². The maximum Gasteiger partial charge on any atom is 0.317 e. The Morgan fingerprint density at radius 3 is 2.37 bits per heavy atom. The van der Waals surface area contributed by atoms with Crippen LogP contribution in [-0.2, 0) is 14.3 Å². The summed E-state index contributed by atoms with van der Waals surface area (Å²) in [6.07, 6.45) is 9.15. The van der Waals surface area contributed by atoms with Gasteiger partial charge in [0.2, 0.25) is 0 Å². The number of hydrogen-bond acceptors (Lipinski definition) is 3. The highest BCUT2D eigenvalue weighted by molar-refractivity contribution is 5.95. The number of carbonyl (C=O) groups is 2. The van der Waals surface area contributed by atoms with Crippen LogP contribution < -0.4 is 0 Å². The van der Waals surface area contributed by atoms with Crippen molar-refractivity contribution in [3.05, 3.63) is 0 Å². The lowest BCUT2D eigenvalue weighted by atomic mass is 9.41. The second-order valence-corrected chi connectivity index (χ2v) is 7.73. The van der Waals surface area contributed by atoms with E-state index in [2.05, 4.69) is 6.92 Å². The Labute approximate surface area is 114 Å². The lowest BCUT2D eigenvalue weighted by molar-refractivity contribution is -0.164. The lowest BCUT2D eigenvalue weighted by Crippen LogP contribution is -2.55. The molecule has 5 rings (SSSR count). The number of ether oxygens (including phenoxy) is 1. The molecule has 0 amide bonds. The number of carbonyl (C=O) groups excluding carboxylic acids is 2. The molecular weight excluding hydrogens is 240 g/mol. The fourth-order valence-electron chi connectivity index (χ4n) is 6.29. The van der Waals surface area contributed by atoms with Crippen molar-refractivity contribution in [1.29, 1.82) is 0 Å². The van der Waals surface area contributed by atoms with E-state index in [1.54, 1.807) is 0 Å². The highest BCUT2D eigenvalue weighted by Gasteiger charge is 2.62. The summed E-state index contributed by atoms with van der Waals surface area (Å²) in [6, 6.07) is 0. The van der Waals surface area contributed by atoms with Gasteiger partial charge in [-0.1, -0.05) is 13.3 Å². The average molecular weight is 262 g/mol. The molecule has 4 saturated carbocycles. The minimum absolute atomic E-state index is 0.101. The zero-order valence-corrected chi connectivity index (χ0v) is 11.6. The first-order valence-corrected chi connectivity index (χ1v) is 7.79. The molecule has 0 aromatic rings.